The van der Waals surface area contributed by atoms with Crippen LogP contribution in [0.4, 0.5) is 4.39 Å². The highest BCUT2D eigenvalue weighted by Crippen LogP contribution is 2.40. The van der Waals surface area contributed by atoms with Gasteiger partial charge in [0.2, 0.25) is 0 Å². The lowest BCUT2D eigenvalue weighted by Gasteiger charge is -2.26. The van der Waals surface area contributed by atoms with Crippen molar-refractivity contribution >= 4 is 17.4 Å². The Morgan fingerprint density at radius 1 is 1.11 bits per heavy atom. The van der Waals surface area contributed by atoms with Gasteiger partial charge >= 0.3 is 0 Å². The number of benzene rings is 2. The van der Waals surface area contributed by atoms with Gasteiger partial charge in [-0.25, -0.2) is 4.39 Å². The SMILES string of the molecule is CC(C)OCCN1C(=O)C(=O)/C(=C(\O)c2ccccc2)C1c1ccccc1F. The Balaban J connectivity index is 2.10. The molecule has 3 rings (SSSR count). The molecule has 1 fully saturated rings. The second-order valence-electron chi connectivity index (χ2n) is 6.80. The molecule has 5 nitrogen and oxygen atoms in total. The number of likely N-dealkylation sites (tertiary alicyclic amines) is 1. The predicted octanol–water partition coefficient (Wildman–Crippen LogP) is 3.67. The largest absolute Gasteiger partial charge is 0.507 e. The summed E-state index contributed by atoms with van der Waals surface area (Å²) in [5.74, 6) is -2.49. The number of halogens is 1. The average Bonchev–Trinajstić information content (AvgIpc) is 2.93. The fourth-order valence-electron chi connectivity index (χ4n) is 3.27. The molecule has 0 radical (unpaired) electrons. The molecule has 0 spiro atoms. The molecule has 0 bridgehead atoms. The van der Waals surface area contributed by atoms with Crippen LogP contribution >= 0.6 is 0 Å². The second-order valence-corrected chi connectivity index (χ2v) is 6.80. The maximum atomic E-state index is 14.6. The van der Waals surface area contributed by atoms with Gasteiger partial charge < -0.3 is 14.7 Å². The third-order valence-corrected chi connectivity index (χ3v) is 4.57. The molecular weight excluding hydrogens is 361 g/mol. The van der Waals surface area contributed by atoms with E-state index < -0.39 is 23.5 Å². The third-order valence-electron chi connectivity index (χ3n) is 4.57. The van der Waals surface area contributed by atoms with Gasteiger partial charge in [0, 0.05) is 17.7 Å². The van der Waals surface area contributed by atoms with E-state index in [2.05, 4.69) is 0 Å². The number of rotatable bonds is 6. The topological polar surface area (TPSA) is 66.8 Å². The first-order chi connectivity index (χ1) is 13.4. The van der Waals surface area contributed by atoms with E-state index in [1.54, 1.807) is 36.4 Å². The quantitative estimate of drug-likeness (QED) is 0.470. The first-order valence-corrected chi connectivity index (χ1v) is 9.11. The Bertz CT molecular complexity index is 908. The first kappa shape index (κ1) is 19.8. The molecule has 1 N–H and O–H groups in total. The summed E-state index contributed by atoms with van der Waals surface area (Å²) in [6.07, 6.45) is -0.0481. The molecule has 2 aromatic carbocycles. The van der Waals surface area contributed by atoms with Gasteiger partial charge in [-0.3, -0.25) is 9.59 Å². The smallest absolute Gasteiger partial charge is 0.295 e. The molecule has 1 atom stereocenters. The van der Waals surface area contributed by atoms with Gasteiger partial charge in [-0.05, 0) is 19.9 Å². The van der Waals surface area contributed by atoms with E-state index in [1.807, 2.05) is 13.8 Å². The Kier molecular flexibility index (Phi) is 5.90. The zero-order valence-corrected chi connectivity index (χ0v) is 15.8. The van der Waals surface area contributed by atoms with E-state index in [0.29, 0.717) is 5.56 Å². The van der Waals surface area contributed by atoms with Crippen molar-refractivity contribution in [2.75, 3.05) is 13.2 Å². The predicted molar refractivity (Wildman–Crippen MR) is 103 cm³/mol. The number of carbonyl (C=O) groups is 2. The molecule has 2 aromatic rings. The Labute approximate surface area is 163 Å². The van der Waals surface area contributed by atoms with Crippen LogP contribution in [0.5, 0.6) is 0 Å². The van der Waals surface area contributed by atoms with Crippen molar-refractivity contribution in [2.45, 2.75) is 26.0 Å². The molecule has 1 heterocycles. The molecule has 146 valence electrons. The zero-order chi connectivity index (χ0) is 20.3. The lowest BCUT2D eigenvalue weighted by atomic mass is 9.95. The second kappa shape index (κ2) is 8.35. The summed E-state index contributed by atoms with van der Waals surface area (Å²) >= 11 is 0. The molecule has 0 aliphatic carbocycles. The Morgan fingerprint density at radius 3 is 2.39 bits per heavy atom. The zero-order valence-electron chi connectivity index (χ0n) is 15.8. The van der Waals surface area contributed by atoms with Crippen LogP contribution in [-0.2, 0) is 14.3 Å². The highest BCUT2D eigenvalue weighted by molar-refractivity contribution is 6.46. The number of hydrogen-bond donors (Lipinski definition) is 1. The molecule has 1 aliphatic rings. The van der Waals surface area contributed by atoms with Crippen LogP contribution in [0, 0.1) is 5.82 Å². The van der Waals surface area contributed by atoms with Crippen molar-refractivity contribution < 1.29 is 23.8 Å². The van der Waals surface area contributed by atoms with Crippen molar-refractivity contribution in [3.05, 3.63) is 77.1 Å². The molecule has 6 heteroatoms. The van der Waals surface area contributed by atoms with Gasteiger partial charge in [0.1, 0.15) is 11.6 Å². The number of ether oxygens (including phenoxy) is 1. The van der Waals surface area contributed by atoms with Crippen molar-refractivity contribution in [2.24, 2.45) is 0 Å². The summed E-state index contributed by atoms with van der Waals surface area (Å²) in [5.41, 5.74) is 0.426. The molecule has 1 amide bonds. The van der Waals surface area contributed by atoms with E-state index in [4.69, 9.17) is 4.74 Å². The molecule has 1 aliphatic heterocycles. The normalized spacial score (nSPS) is 18.9. The number of aliphatic hydroxyl groups excluding tert-OH is 1. The first-order valence-electron chi connectivity index (χ1n) is 9.11. The maximum Gasteiger partial charge on any atom is 0.295 e. The van der Waals surface area contributed by atoms with Crippen LogP contribution in [0.25, 0.3) is 5.76 Å². The number of hydrogen-bond acceptors (Lipinski definition) is 4. The minimum absolute atomic E-state index is 0.0481. The Hall–Kier alpha value is -2.99. The fourth-order valence-corrected chi connectivity index (χ4v) is 3.27. The van der Waals surface area contributed by atoms with Gasteiger partial charge in [-0.1, -0.05) is 48.5 Å². The van der Waals surface area contributed by atoms with Crippen LogP contribution in [0.15, 0.2) is 60.2 Å². The molecule has 1 unspecified atom stereocenters. The van der Waals surface area contributed by atoms with E-state index in [1.165, 1.54) is 23.1 Å². The monoisotopic (exact) mass is 383 g/mol. The van der Waals surface area contributed by atoms with Gasteiger partial charge in [0.25, 0.3) is 11.7 Å². The van der Waals surface area contributed by atoms with Gasteiger partial charge in [0.15, 0.2) is 0 Å². The van der Waals surface area contributed by atoms with E-state index in [-0.39, 0.29) is 36.2 Å². The highest BCUT2D eigenvalue weighted by atomic mass is 19.1. The number of amides is 1. The van der Waals surface area contributed by atoms with Crippen LogP contribution in [0.3, 0.4) is 0 Å². The van der Waals surface area contributed by atoms with Crippen molar-refractivity contribution in [1.82, 2.24) is 4.90 Å². The summed E-state index contributed by atoms with van der Waals surface area (Å²) in [6.45, 7) is 4.02. The van der Waals surface area contributed by atoms with Crippen molar-refractivity contribution in [1.29, 1.82) is 0 Å². The minimum Gasteiger partial charge on any atom is -0.507 e. The van der Waals surface area contributed by atoms with E-state index >= 15 is 0 Å². The summed E-state index contributed by atoms with van der Waals surface area (Å²) in [5, 5.41) is 10.8. The van der Waals surface area contributed by atoms with E-state index in [0.717, 1.165) is 0 Å². The lowest BCUT2D eigenvalue weighted by Crippen LogP contribution is -2.33. The number of carbonyl (C=O) groups excluding carboxylic acids is 2. The van der Waals surface area contributed by atoms with Gasteiger partial charge in [-0.15, -0.1) is 0 Å². The fraction of sp³-hybridized carbons (Fsp3) is 0.273. The number of ketones is 1. The summed E-state index contributed by atoms with van der Waals surface area (Å²) in [7, 11) is 0. The maximum absolute atomic E-state index is 14.6. The van der Waals surface area contributed by atoms with Crippen LogP contribution in [-0.4, -0.2) is 41.0 Å². The molecule has 0 aromatic heterocycles. The Morgan fingerprint density at radius 2 is 1.75 bits per heavy atom. The van der Waals surface area contributed by atoms with Crippen molar-refractivity contribution in [3.8, 4) is 0 Å². The average molecular weight is 383 g/mol. The standard InChI is InChI=1S/C22H22FNO4/c1-14(2)28-13-12-24-19(16-10-6-7-11-17(16)23)18(21(26)22(24)27)20(25)15-8-4-3-5-9-15/h3-11,14,19,25H,12-13H2,1-2H3/b20-18-. The number of nitrogens with zero attached hydrogens (tertiary/aromatic N) is 1. The molecule has 0 saturated carbocycles. The third kappa shape index (κ3) is 3.82. The summed E-state index contributed by atoms with van der Waals surface area (Å²) < 4.78 is 20.1. The minimum atomic E-state index is -1.02. The highest BCUT2D eigenvalue weighted by Gasteiger charge is 2.46. The molecule has 1 saturated heterocycles. The lowest BCUT2D eigenvalue weighted by molar-refractivity contribution is -0.140. The number of Topliss-reactive ketones (excluding diaryl/α,β-unsaturated/α-hetero) is 1. The molecular formula is C22H22FNO4. The van der Waals surface area contributed by atoms with Crippen molar-refractivity contribution in [3.63, 3.8) is 0 Å². The van der Waals surface area contributed by atoms with Gasteiger partial charge in [0.05, 0.1) is 24.3 Å². The van der Waals surface area contributed by atoms with E-state index in [9.17, 15) is 19.1 Å². The van der Waals surface area contributed by atoms with Crippen LogP contribution in [0.1, 0.15) is 31.0 Å². The van der Waals surface area contributed by atoms with Crippen LogP contribution < -0.4 is 0 Å². The van der Waals surface area contributed by atoms with Gasteiger partial charge in [-0.2, -0.15) is 0 Å². The summed E-state index contributed by atoms with van der Waals surface area (Å²) in [6, 6.07) is 13.4. The van der Waals surface area contributed by atoms with Crippen LogP contribution in [0.2, 0.25) is 0 Å². The number of aliphatic hydroxyl groups is 1. The molecule has 28 heavy (non-hydrogen) atoms. The summed E-state index contributed by atoms with van der Waals surface area (Å²) in [4.78, 5) is 26.7.